The summed E-state index contributed by atoms with van der Waals surface area (Å²) in [6.07, 6.45) is 0.804. The third kappa shape index (κ3) is 4.91. The summed E-state index contributed by atoms with van der Waals surface area (Å²) in [5, 5.41) is 4.66. The van der Waals surface area contributed by atoms with Crippen molar-refractivity contribution in [2.45, 2.75) is 19.9 Å². The van der Waals surface area contributed by atoms with Gasteiger partial charge in [-0.3, -0.25) is 14.9 Å². The summed E-state index contributed by atoms with van der Waals surface area (Å²) < 4.78 is 4.83. The number of carbonyl (C=O) groups is 3. The van der Waals surface area contributed by atoms with Gasteiger partial charge in [0.25, 0.3) is 5.91 Å². The molecule has 2 rings (SSSR count). The van der Waals surface area contributed by atoms with E-state index in [9.17, 15) is 14.4 Å². The van der Waals surface area contributed by atoms with Gasteiger partial charge in [-0.1, -0.05) is 37.3 Å². The third-order valence-corrected chi connectivity index (χ3v) is 3.31. The minimum atomic E-state index is -0.637. The van der Waals surface area contributed by atoms with E-state index in [-0.39, 0.29) is 11.9 Å². The van der Waals surface area contributed by atoms with Crippen LogP contribution in [0.3, 0.4) is 0 Å². The second-order valence-electron chi connectivity index (χ2n) is 5.14. The van der Waals surface area contributed by atoms with Crippen molar-refractivity contribution >= 4 is 17.9 Å². The monoisotopic (exact) mass is 290 g/mol. The minimum absolute atomic E-state index is 0.0929. The molecule has 1 fully saturated rings. The van der Waals surface area contributed by atoms with Crippen molar-refractivity contribution < 1.29 is 19.1 Å². The van der Waals surface area contributed by atoms with Gasteiger partial charge < -0.3 is 10.1 Å². The predicted molar refractivity (Wildman–Crippen MR) is 75.1 cm³/mol. The Bertz CT molecular complexity index is 530. The molecule has 0 unspecified atom stereocenters. The van der Waals surface area contributed by atoms with Gasteiger partial charge in [0.1, 0.15) is 0 Å². The van der Waals surface area contributed by atoms with Gasteiger partial charge in [-0.2, -0.15) is 0 Å². The van der Waals surface area contributed by atoms with E-state index in [0.29, 0.717) is 12.5 Å². The van der Waals surface area contributed by atoms with Gasteiger partial charge in [0.15, 0.2) is 6.61 Å². The molecule has 0 bridgehead atoms. The molecule has 21 heavy (non-hydrogen) atoms. The molecular formula is C15H18N2O4. The van der Waals surface area contributed by atoms with Crippen LogP contribution in [0.4, 0.5) is 4.79 Å². The predicted octanol–water partition coefficient (Wildman–Crippen LogP) is 1.21. The molecule has 1 aliphatic carbocycles. The first kappa shape index (κ1) is 15.0. The van der Waals surface area contributed by atoms with Crippen molar-refractivity contribution in [2.75, 3.05) is 6.61 Å². The van der Waals surface area contributed by atoms with Crippen LogP contribution < -0.4 is 10.6 Å². The Morgan fingerprint density at radius 1 is 1.24 bits per heavy atom. The van der Waals surface area contributed by atoms with Crippen molar-refractivity contribution in [1.82, 2.24) is 10.6 Å². The summed E-state index contributed by atoms with van der Waals surface area (Å²) >= 11 is 0. The van der Waals surface area contributed by atoms with Gasteiger partial charge in [-0.15, -0.1) is 0 Å². The number of benzene rings is 1. The summed E-state index contributed by atoms with van der Waals surface area (Å²) in [7, 11) is 0. The Morgan fingerprint density at radius 3 is 2.52 bits per heavy atom. The van der Waals surface area contributed by atoms with E-state index in [2.05, 4.69) is 10.6 Å². The maximum atomic E-state index is 11.5. The van der Waals surface area contributed by atoms with Crippen LogP contribution >= 0.6 is 0 Å². The molecule has 1 aromatic rings. The largest absolute Gasteiger partial charge is 0.455 e. The van der Waals surface area contributed by atoms with Gasteiger partial charge in [0, 0.05) is 6.54 Å². The molecule has 6 heteroatoms. The molecule has 3 amide bonds. The van der Waals surface area contributed by atoms with E-state index >= 15 is 0 Å². The second-order valence-corrected chi connectivity index (χ2v) is 5.14. The molecular weight excluding hydrogens is 272 g/mol. The number of imide groups is 1. The van der Waals surface area contributed by atoms with E-state index in [1.807, 2.05) is 37.3 Å². The fourth-order valence-electron chi connectivity index (χ4n) is 1.88. The lowest BCUT2D eigenvalue weighted by molar-refractivity contribution is -0.149. The van der Waals surface area contributed by atoms with Gasteiger partial charge in [-0.25, -0.2) is 4.79 Å². The Morgan fingerprint density at radius 2 is 1.90 bits per heavy atom. The quantitative estimate of drug-likeness (QED) is 0.798. The lowest BCUT2D eigenvalue weighted by atomic mass is 10.2. The molecule has 0 saturated heterocycles. The lowest BCUT2D eigenvalue weighted by Gasteiger charge is -2.07. The Labute approximate surface area is 122 Å². The third-order valence-electron chi connectivity index (χ3n) is 3.31. The summed E-state index contributed by atoms with van der Waals surface area (Å²) in [6.45, 7) is 1.84. The van der Waals surface area contributed by atoms with E-state index in [1.165, 1.54) is 0 Å². The molecule has 112 valence electrons. The highest BCUT2D eigenvalue weighted by Gasteiger charge is 2.40. The molecule has 0 heterocycles. The van der Waals surface area contributed by atoms with E-state index in [4.69, 9.17) is 4.74 Å². The Hall–Kier alpha value is -2.37. The van der Waals surface area contributed by atoms with Gasteiger partial charge in [-0.05, 0) is 17.9 Å². The molecule has 1 saturated carbocycles. The van der Waals surface area contributed by atoms with E-state index in [1.54, 1.807) is 0 Å². The normalized spacial score (nSPS) is 19.5. The number of urea groups is 1. The summed E-state index contributed by atoms with van der Waals surface area (Å²) in [6, 6.07) is 8.71. The van der Waals surface area contributed by atoms with Crippen LogP contribution in [-0.2, 0) is 20.9 Å². The van der Waals surface area contributed by atoms with Crippen molar-refractivity contribution in [2.24, 2.45) is 11.8 Å². The van der Waals surface area contributed by atoms with Crippen LogP contribution in [-0.4, -0.2) is 24.5 Å². The van der Waals surface area contributed by atoms with Crippen LogP contribution in [0.1, 0.15) is 18.9 Å². The molecule has 0 aromatic heterocycles. The van der Waals surface area contributed by atoms with E-state index in [0.717, 1.165) is 12.0 Å². The van der Waals surface area contributed by atoms with Crippen molar-refractivity contribution in [3.8, 4) is 0 Å². The smallest absolute Gasteiger partial charge is 0.321 e. The van der Waals surface area contributed by atoms with Crippen molar-refractivity contribution in [3.63, 3.8) is 0 Å². The first-order valence-corrected chi connectivity index (χ1v) is 6.84. The van der Waals surface area contributed by atoms with Crippen LogP contribution in [0.15, 0.2) is 30.3 Å². The number of carbonyl (C=O) groups excluding carboxylic acids is 3. The zero-order valence-corrected chi connectivity index (χ0v) is 11.8. The number of esters is 1. The van der Waals surface area contributed by atoms with Crippen molar-refractivity contribution in [1.29, 1.82) is 0 Å². The molecule has 0 aliphatic heterocycles. The SMILES string of the molecule is C[C@H]1C[C@H]1C(=O)OCC(=O)NC(=O)NCc1ccccc1. The highest BCUT2D eigenvalue weighted by atomic mass is 16.5. The number of rotatable bonds is 5. The molecule has 0 radical (unpaired) electrons. The summed E-state index contributed by atoms with van der Waals surface area (Å²) in [5.41, 5.74) is 0.925. The molecule has 6 nitrogen and oxygen atoms in total. The Balaban J connectivity index is 1.63. The Kier molecular flexibility index (Phi) is 4.92. The first-order valence-electron chi connectivity index (χ1n) is 6.84. The summed E-state index contributed by atoms with van der Waals surface area (Å²) in [5.74, 6) is -0.774. The van der Waals surface area contributed by atoms with Gasteiger partial charge in [0.05, 0.1) is 5.92 Å². The topological polar surface area (TPSA) is 84.5 Å². The maximum Gasteiger partial charge on any atom is 0.321 e. The molecule has 1 aliphatic rings. The average molecular weight is 290 g/mol. The van der Waals surface area contributed by atoms with E-state index < -0.39 is 18.5 Å². The van der Waals surface area contributed by atoms with Crippen LogP contribution in [0, 0.1) is 11.8 Å². The average Bonchev–Trinajstić information content (AvgIpc) is 3.21. The van der Waals surface area contributed by atoms with Crippen LogP contribution in [0.25, 0.3) is 0 Å². The number of amides is 3. The fourth-order valence-corrected chi connectivity index (χ4v) is 1.88. The van der Waals surface area contributed by atoms with Gasteiger partial charge in [0.2, 0.25) is 0 Å². The number of nitrogens with one attached hydrogen (secondary N) is 2. The number of hydrogen-bond donors (Lipinski definition) is 2. The van der Waals surface area contributed by atoms with Crippen molar-refractivity contribution in [3.05, 3.63) is 35.9 Å². The van der Waals surface area contributed by atoms with Gasteiger partial charge >= 0.3 is 12.0 Å². The molecule has 1 aromatic carbocycles. The lowest BCUT2D eigenvalue weighted by Crippen LogP contribution is -2.41. The van der Waals surface area contributed by atoms with Crippen LogP contribution in [0.5, 0.6) is 0 Å². The first-order chi connectivity index (χ1) is 10.1. The standard InChI is InChI=1S/C15H18N2O4/c1-10-7-12(10)14(19)21-9-13(18)17-15(20)16-8-11-5-3-2-4-6-11/h2-6,10,12H,7-9H2,1H3,(H2,16,17,18,20)/t10-,12+/m0/s1. The van der Waals surface area contributed by atoms with Crippen LogP contribution in [0.2, 0.25) is 0 Å². The second kappa shape index (κ2) is 6.88. The number of ether oxygens (including phenoxy) is 1. The highest BCUT2D eigenvalue weighted by Crippen LogP contribution is 2.38. The molecule has 2 atom stereocenters. The zero-order valence-electron chi connectivity index (χ0n) is 11.8. The number of hydrogen-bond acceptors (Lipinski definition) is 4. The highest BCUT2D eigenvalue weighted by molar-refractivity contribution is 5.95. The zero-order chi connectivity index (χ0) is 15.2. The maximum absolute atomic E-state index is 11.5. The summed E-state index contributed by atoms with van der Waals surface area (Å²) in [4.78, 5) is 34.3. The minimum Gasteiger partial charge on any atom is -0.455 e. The molecule has 0 spiro atoms. The fraction of sp³-hybridized carbons (Fsp3) is 0.400. The molecule has 2 N–H and O–H groups in total.